The number of nitrogens with two attached hydrogens (primary N) is 1. The lowest BCUT2D eigenvalue weighted by atomic mass is 10.1. The predicted octanol–water partition coefficient (Wildman–Crippen LogP) is 3.10. The Morgan fingerprint density at radius 2 is 2.06 bits per heavy atom. The molecule has 1 unspecified atom stereocenters. The maximum atomic E-state index is 12.3. The number of aromatic nitrogens is 1. The second-order valence-corrected chi connectivity index (χ2v) is 4.97. The highest BCUT2D eigenvalue weighted by atomic mass is 32.1. The Bertz CT molecular complexity index is 530. The van der Waals surface area contributed by atoms with Crippen molar-refractivity contribution in [3.8, 4) is 5.75 Å². The SMILES string of the molecule is Cc1cnc(C(N)c2ccccc2OC(F)F)s1. The summed E-state index contributed by atoms with van der Waals surface area (Å²) in [5, 5.41) is 0.679. The van der Waals surface area contributed by atoms with E-state index in [-0.39, 0.29) is 5.75 Å². The molecule has 0 spiro atoms. The minimum Gasteiger partial charge on any atom is -0.434 e. The molecule has 1 aromatic carbocycles. The zero-order valence-electron chi connectivity index (χ0n) is 9.64. The average Bonchev–Trinajstić information content (AvgIpc) is 2.75. The van der Waals surface area contributed by atoms with E-state index in [0.29, 0.717) is 10.6 Å². The lowest BCUT2D eigenvalue weighted by Crippen LogP contribution is -2.14. The van der Waals surface area contributed by atoms with E-state index in [9.17, 15) is 8.78 Å². The van der Waals surface area contributed by atoms with Crippen molar-refractivity contribution in [2.24, 2.45) is 5.73 Å². The van der Waals surface area contributed by atoms with Crippen molar-refractivity contribution in [2.75, 3.05) is 0 Å². The molecule has 2 aromatic rings. The highest BCUT2D eigenvalue weighted by molar-refractivity contribution is 7.11. The normalized spacial score (nSPS) is 12.7. The second kappa shape index (κ2) is 5.41. The first kappa shape index (κ1) is 12.9. The number of para-hydroxylation sites is 1. The Labute approximate surface area is 107 Å². The first-order valence-electron chi connectivity index (χ1n) is 5.29. The highest BCUT2D eigenvalue weighted by Crippen LogP contribution is 2.31. The van der Waals surface area contributed by atoms with Gasteiger partial charge in [0.2, 0.25) is 0 Å². The third-order valence-electron chi connectivity index (χ3n) is 2.38. The van der Waals surface area contributed by atoms with Gasteiger partial charge >= 0.3 is 6.61 Å². The highest BCUT2D eigenvalue weighted by Gasteiger charge is 2.18. The van der Waals surface area contributed by atoms with E-state index in [4.69, 9.17) is 5.73 Å². The van der Waals surface area contributed by atoms with Gasteiger partial charge in [-0.05, 0) is 13.0 Å². The van der Waals surface area contributed by atoms with Gasteiger partial charge < -0.3 is 10.5 Å². The summed E-state index contributed by atoms with van der Waals surface area (Å²) in [7, 11) is 0. The Kier molecular flexibility index (Phi) is 3.88. The van der Waals surface area contributed by atoms with Crippen molar-refractivity contribution < 1.29 is 13.5 Å². The Morgan fingerprint density at radius 3 is 2.67 bits per heavy atom. The number of aryl methyl sites for hydroxylation is 1. The zero-order chi connectivity index (χ0) is 13.1. The van der Waals surface area contributed by atoms with E-state index in [1.54, 1.807) is 24.4 Å². The molecule has 3 nitrogen and oxygen atoms in total. The zero-order valence-corrected chi connectivity index (χ0v) is 10.5. The van der Waals surface area contributed by atoms with Crippen LogP contribution < -0.4 is 10.5 Å². The molecular formula is C12H12F2N2OS. The number of hydrogen-bond donors (Lipinski definition) is 1. The van der Waals surface area contributed by atoms with Crippen molar-refractivity contribution in [3.05, 3.63) is 45.9 Å². The van der Waals surface area contributed by atoms with Crippen LogP contribution in [0.4, 0.5) is 8.78 Å². The number of ether oxygens (including phenoxy) is 1. The van der Waals surface area contributed by atoms with Gasteiger partial charge in [0.1, 0.15) is 10.8 Å². The number of thiazole rings is 1. The molecule has 0 fully saturated rings. The minimum absolute atomic E-state index is 0.0906. The van der Waals surface area contributed by atoms with Gasteiger partial charge in [0, 0.05) is 16.6 Å². The van der Waals surface area contributed by atoms with Gasteiger partial charge in [0.05, 0.1) is 6.04 Å². The topological polar surface area (TPSA) is 48.1 Å². The van der Waals surface area contributed by atoms with Crippen LogP contribution in [0.3, 0.4) is 0 Å². The van der Waals surface area contributed by atoms with Crippen molar-refractivity contribution in [1.82, 2.24) is 4.98 Å². The molecule has 1 aromatic heterocycles. The quantitative estimate of drug-likeness (QED) is 0.928. The molecule has 0 aliphatic rings. The maximum Gasteiger partial charge on any atom is 0.387 e. The van der Waals surface area contributed by atoms with Crippen LogP contribution in [0.15, 0.2) is 30.5 Å². The monoisotopic (exact) mass is 270 g/mol. The smallest absolute Gasteiger partial charge is 0.387 e. The van der Waals surface area contributed by atoms with Gasteiger partial charge in [-0.15, -0.1) is 11.3 Å². The molecule has 0 radical (unpaired) electrons. The number of hydrogen-bond acceptors (Lipinski definition) is 4. The van der Waals surface area contributed by atoms with Crippen LogP contribution in [0.1, 0.15) is 21.5 Å². The molecule has 0 saturated carbocycles. The Hall–Kier alpha value is -1.53. The van der Waals surface area contributed by atoms with Crippen LogP contribution in [0.25, 0.3) is 0 Å². The summed E-state index contributed by atoms with van der Waals surface area (Å²) >= 11 is 1.44. The van der Waals surface area contributed by atoms with Crippen LogP contribution in [-0.4, -0.2) is 11.6 Å². The van der Waals surface area contributed by atoms with Gasteiger partial charge in [0.25, 0.3) is 0 Å². The van der Waals surface area contributed by atoms with Gasteiger partial charge in [-0.2, -0.15) is 8.78 Å². The summed E-state index contributed by atoms with van der Waals surface area (Å²) in [4.78, 5) is 5.18. The number of rotatable bonds is 4. The fraction of sp³-hybridized carbons (Fsp3) is 0.250. The lowest BCUT2D eigenvalue weighted by molar-refractivity contribution is -0.0505. The van der Waals surface area contributed by atoms with Crippen LogP contribution in [0.5, 0.6) is 5.75 Å². The maximum absolute atomic E-state index is 12.3. The first-order valence-corrected chi connectivity index (χ1v) is 6.11. The molecular weight excluding hydrogens is 258 g/mol. The molecule has 0 saturated heterocycles. The Morgan fingerprint density at radius 1 is 1.33 bits per heavy atom. The molecule has 1 heterocycles. The van der Waals surface area contributed by atoms with Crippen LogP contribution in [-0.2, 0) is 0 Å². The van der Waals surface area contributed by atoms with Crippen molar-refractivity contribution in [2.45, 2.75) is 19.6 Å². The van der Waals surface area contributed by atoms with E-state index in [2.05, 4.69) is 9.72 Å². The van der Waals surface area contributed by atoms with E-state index < -0.39 is 12.7 Å². The molecule has 0 bridgehead atoms. The molecule has 2 rings (SSSR count). The van der Waals surface area contributed by atoms with Gasteiger partial charge in [-0.1, -0.05) is 18.2 Å². The number of nitrogens with zero attached hydrogens (tertiary/aromatic N) is 1. The average molecular weight is 270 g/mol. The summed E-state index contributed by atoms with van der Waals surface area (Å²) in [5.74, 6) is 0.0906. The number of benzene rings is 1. The summed E-state index contributed by atoms with van der Waals surface area (Å²) in [5.41, 5.74) is 6.54. The van der Waals surface area contributed by atoms with E-state index in [0.717, 1.165) is 4.88 Å². The van der Waals surface area contributed by atoms with Gasteiger partial charge in [-0.3, -0.25) is 0 Å². The summed E-state index contributed by atoms with van der Waals surface area (Å²) in [6.07, 6.45) is 1.70. The fourth-order valence-corrected chi connectivity index (χ4v) is 2.38. The van der Waals surface area contributed by atoms with E-state index >= 15 is 0 Å². The lowest BCUT2D eigenvalue weighted by Gasteiger charge is -2.14. The van der Waals surface area contributed by atoms with Crippen molar-refractivity contribution in [1.29, 1.82) is 0 Å². The largest absolute Gasteiger partial charge is 0.434 e. The van der Waals surface area contributed by atoms with Crippen LogP contribution in [0, 0.1) is 6.92 Å². The third kappa shape index (κ3) is 2.83. The third-order valence-corrected chi connectivity index (χ3v) is 3.37. The summed E-state index contributed by atoms with van der Waals surface area (Å²) < 4.78 is 29.0. The predicted molar refractivity (Wildman–Crippen MR) is 66.0 cm³/mol. The first-order chi connectivity index (χ1) is 8.58. The van der Waals surface area contributed by atoms with Crippen LogP contribution in [0.2, 0.25) is 0 Å². The molecule has 6 heteroatoms. The number of halogens is 2. The van der Waals surface area contributed by atoms with Gasteiger partial charge in [-0.25, -0.2) is 4.98 Å². The molecule has 1 atom stereocenters. The minimum atomic E-state index is -2.86. The summed E-state index contributed by atoms with van der Waals surface area (Å²) in [6.45, 7) is -0.952. The molecule has 2 N–H and O–H groups in total. The van der Waals surface area contributed by atoms with Crippen LogP contribution >= 0.6 is 11.3 Å². The summed E-state index contributed by atoms with van der Waals surface area (Å²) in [6, 6.07) is 5.94. The standard InChI is InChI=1S/C12H12F2N2OS/c1-7-6-16-11(18-7)10(15)8-4-2-3-5-9(8)17-12(13)14/h2-6,10,12H,15H2,1H3. The molecule has 0 aliphatic heterocycles. The molecule has 96 valence electrons. The van der Waals surface area contributed by atoms with Gasteiger partial charge in [0.15, 0.2) is 0 Å². The van der Waals surface area contributed by atoms with E-state index in [1.807, 2.05) is 6.92 Å². The number of alkyl halides is 2. The second-order valence-electron chi connectivity index (χ2n) is 3.70. The van der Waals surface area contributed by atoms with Crippen molar-refractivity contribution >= 4 is 11.3 Å². The molecule has 18 heavy (non-hydrogen) atoms. The van der Waals surface area contributed by atoms with Crippen molar-refractivity contribution in [3.63, 3.8) is 0 Å². The molecule has 0 amide bonds. The fourth-order valence-electron chi connectivity index (χ4n) is 1.59. The Balaban J connectivity index is 2.32. The molecule has 0 aliphatic carbocycles. The van der Waals surface area contributed by atoms with E-state index in [1.165, 1.54) is 17.4 Å².